The summed E-state index contributed by atoms with van der Waals surface area (Å²) in [6, 6.07) is 1.49. The number of aryl methyl sites for hydroxylation is 1. The number of hydrogen-bond acceptors (Lipinski definition) is 5. The van der Waals surface area contributed by atoms with Gasteiger partial charge in [-0.15, -0.1) is 0 Å². The fourth-order valence-corrected chi connectivity index (χ4v) is 1.94. The number of carboxylic acid groups (broad SMARTS) is 1. The lowest BCUT2D eigenvalue weighted by Gasteiger charge is -2.20. The van der Waals surface area contributed by atoms with Crippen molar-refractivity contribution in [3.05, 3.63) is 35.9 Å². The molecule has 24 heavy (non-hydrogen) atoms. The number of nitrogens with one attached hydrogen (secondary N) is 1. The van der Waals surface area contributed by atoms with Crippen LogP contribution >= 0.6 is 0 Å². The van der Waals surface area contributed by atoms with Crippen LogP contribution in [0.15, 0.2) is 24.7 Å². The summed E-state index contributed by atoms with van der Waals surface area (Å²) in [5.41, 5.74) is 0.635. The van der Waals surface area contributed by atoms with Crippen molar-refractivity contribution in [3.8, 4) is 5.69 Å². The van der Waals surface area contributed by atoms with Gasteiger partial charge in [0.05, 0.1) is 23.8 Å². The maximum absolute atomic E-state index is 11.9. The molecule has 0 unspecified atom stereocenters. The minimum absolute atomic E-state index is 0. The van der Waals surface area contributed by atoms with Crippen LogP contribution in [-0.2, 0) is 11.2 Å². The molecule has 2 aromatic heterocycles. The van der Waals surface area contributed by atoms with Gasteiger partial charge in [0.1, 0.15) is 5.60 Å². The highest BCUT2D eigenvalue weighted by Gasteiger charge is 2.20. The molecule has 130 valence electrons. The number of nitrogens with zero attached hydrogens (tertiary/aromatic N) is 3. The zero-order valence-corrected chi connectivity index (χ0v) is 14.0. The second-order valence-electron chi connectivity index (χ2n) is 6.17. The van der Waals surface area contributed by atoms with E-state index < -0.39 is 17.7 Å². The number of amides is 1. The lowest BCUT2D eigenvalue weighted by atomic mass is 10.2. The molecule has 0 aliphatic rings. The normalized spacial score (nSPS) is 11.2. The Morgan fingerprint density at radius 2 is 2.08 bits per heavy atom. The first kappa shape index (κ1) is 17.5. The monoisotopic (exact) mass is 334 g/mol. The number of carboxylic acids is 1. The van der Waals surface area contributed by atoms with Crippen LogP contribution in [0.5, 0.6) is 0 Å². The van der Waals surface area contributed by atoms with Crippen molar-refractivity contribution in [2.75, 3.05) is 5.32 Å². The van der Waals surface area contributed by atoms with Crippen LogP contribution in [0.1, 0.15) is 45.2 Å². The predicted octanol–water partition coefficient (Wildman–Crippen LogP) is 3.12. The highest BCUT2D eigenvalue weighted by molar-refractivity contribution is 5.97. The smallest absolute Gasteiger partial charge is 0.412 e. The maximum Gasteiger partial charge on any atom is 0.412 e. The summed E-state index contributed by atoms with van der Waals surface area (Å²) in [6.45, 7) is 7.16. The lowest BCUT2D eigenvalue weighted by molar-refractivity contribution is 0.0636. The van der Waals surface area contributed by atoms with Crippen molar-refractivity contribution in [1.82, 2.24) is 14.8 Å². The molecule has 0 aliphatic heterocycles. The Bertz CT molecular complexity index is 768. The zero-order chi connectivity index (χ0) is 17.9. The summed E-state index contributed by atoms with van der Waals surface area (Å²) in [7, 11) is 0. The van der Waals surface area contributed by atoms with Crippen LogP contribution in [0, 0.1) is 0 Å². The van der Waals surface area contributed by atoms with Crippen LogP contribution in [0.25, 0.3) is 5.69 Å². The van der Waals surface area contributed by atoms with E-state index in [2.05, 4.69) is 15.4 Å². The van der Waals surface area contributed by atoms with Gasteiger partial charge in [0, 0.05) is 7.62 Å². The van der Waals surface area contributed by atoms with Gasteiger partial charge >= 0.3 is 12.1 Å². The van der Waals surface area contributed by atoms with E-state index in [1.165, 1.54) is 12.3 Å². The van der Waals surface area contributed by atoms with Crippen molar-refractivity contribution in [2.24, 2.45) is 0 Å². The first-order valence-corrected chi connectivity index (χ1v) is 7.47. The second-order valence-corrected chi connectivity index (χ2v) is 6.17. The highest BCUT2D eigenvalue weighted by Crippen LogP contribution is 2.19. The van der Waals surface area contributed by atoms with Gasteiger partial charge in [-0.05, 0) is 38.8 Å². The lowest BCUT2D eigenvalue weighted by Crippen LogP contribution is -2.28. The van der Waals surface area contributed by atoms with Crippen LogP contribution in [0.4, 0.5) is 10.5 Å². The number of aromatic nitrogens is 3. The van der Waals surface area contributed by atoms with Crippen LogP contribution < -0.4 is 5.32 Å². The minimum atomic E-state index is -1.25. The molecular formula is C16H22N4O4. The van der Waals surface area contributed by atoms with Crippen molar-refractivity contribution >= 4 is 17.7 Å². The molecule has 0 saturated carbocycles. The van der Waals surface area contributed by atoms with E-state index in [1.807, 2.05) is 13.1 Å². The first-order chi connectivity index (χ1) is 11.2. The van der Waals surface area contributed by atoms with E-state index in [0.717, 1.165) is 12.0 Å². The van der Waals surface area contributed by atoms with E-state index in [4.69, 9.17) is 4.74 Å². The minimum Gasteiger partial charge on any atom is -0.476 e. The fraction of sp³-hybridized carbons (Fsp3) is 0.375. The van der Waals surface area contributed by atoms with Crippen molar-refractivity contribution in [2.45, 2.75) is 39.7 Å². The molecule has 0 radical (unpaired) electrons. The molecule has 1 amide bonds. The van der Waals surface area contributed by atoms with E-state index >= 15 is 0 Å². The Morgan fingerprint density at radius 3 is 2.62 bits per heavy atom. The summed E-state index contributed by atoms with van der Waals surface area (Å²) in [5, 5.41) is 15.9. The van der Waals surface area contributed by atoms with Gasteiger partial charge in [-0.3, -0.25) is 5.32 Å². The number of carbonyl (C=O) groups is 2. The number of rotatable bonds is 4. The van der Waals surface area contributed by atoms with E-state index in [9.17, 15) is 14.7 Å². The summed E-state index contributed by atoms with van der Waals surface area (Å²) in [6.07, 6.45) is 4.99. The molecule has 8 heteroatoms. The third-order valence-electron chi connectivity index (χ3n) is 3.02. The molecule has 0 aliphatic carbocycles. The van der Waals surface area contributed by atoms with E-state index in [1.54, 1.807) is 31.6 Å². The summed E-state index contributed by atoms with van der Waals surface area (Å²) < 4.78 is 6.72. The standard InChI is InChI=1S/C16H20N4O4.H2/c1-5-10-7-18-20(9-10)11-6-12(13(14(21)22)17-8-11)19-15(23)24-16(2,3)4;/h6-9H,5H2,1-4H3,(H,19,23)(H,21,22);1H. The van der Waals surface area contributed by atoms with Gasteiger partial charge in [0.2, 0.25) is 0 Å². The Labute approximate surface area is 141 Å². The van der Waals surface area contributed by atoms with Crippen molar-refractivity contribution in [3.63, 3.8) is 0 Å². The Morgan fingerprint density at radius 1 is 1.38 bits per heavy atom. The molecule has 2 rings (SSSR count). The molecule has 8 nitrogen and oxygen atoms in total. The van der Waals surface area contributed by atoms with Crippen LogP contribution in [0.3, 0.4) is 0 Å². The van der Waals surface area contributed by atoms with Gasteiger partial charge in [-0.25, -0.2) is 19.3 Å². The summed E-state index contributed by atoms with van der Waals surface area (Å²) in [5.74, 6) is -1.25. The largest absolute Gasteiger partial charge is 0.476 e. The number of carbonyl (C=O) groups excluding carboxylic acids is 1. The number of ether oxygens (including phenoxy) is 1. The molecule has 2 heterocycles. The highest BCUT2D eigenvalue weighted by atomic mass is 16.6. The summed E-state index contributed by atoms with van der Waals surface area (Å²) >= 11 is 0. The van der Waals surface area contributed by atoms with Crippen molar-refractivity contribution in [1.29, 1.82) is 0 Å². The molecular weight excluding hydrogens is 312 g/mol. The van der Waals surface area contributed by atoms with Gasteiger partial charge in [0.25, 0.3) is 0 Å². The van der Waals surface area contributed by atoms with Gasteiger partial charge < -0.3 is 9.84 Å². The Balaban J connectivity index is 0.00000312. The van der Waals surface area contributed by atoms with Gasteiger partial charge in [0.15, 0.2) is 5.69 Å². The second kappa shape index (κ2) is 6.69. The first-order valence-electron chi connectivity index (χ1n) is 7.47. The molecule has 0 atom stereocenters. The SMILES string of the molecule is CCc1cnn(-c2cnc(C(=O)O)c(NC(=O)OC(C)(C)C)c2)c1.[HH]. The molecule has 0 spiro atoms. The fourth-order valence-electron chi connectivity index (χ4n) is 1.94. The molecule has 2 N–H and O–H groups in total. The van der Waals surface area contributed by atoms with Crippen LogP contribution in [0.2, 0.25) is 0 Å². The predicted molar refractivity (Wildman–Crippen MR) is 89.7 cm³/mol. The average molecular weight is 334 g/mol. The summed E-state index contributed by atoms with van der Waals surface area (Å²) in [4.78, 5) is 27.1. The number of aromatic carboxylic acids is 1. The molecule has 0 fully saturated rings. The van der Waals surface area contributed by atoms with Crippen LogP contribution in [-0.4, -0.2) is 37.5 Å². The number of hydrogen-bond donors (Lipinski definition) is 2. The molecule has 2 aromatic rings. The Kier molecular flexibility index (Phi) is 4.87. The molecule has 0 bridgehead atoms. The van der Waals surface area contributed by atoms with E-state index in [0.29, 0.717) is 5.69 Å². The van der Waals surface area contributed by atoms with Gasteiger partial charge in [-0.2, -0.15) is 5.10 Å². The van der Waals surface area contributed by atoms with Gasteiger partial charge in [-0.1, -0.05) is 6.92 Å². The van der Waals surface area contributed by atoms with E-state index in [-0.39, 0.29) is 12.8 Å². The zero-order valence-electron chi connectivity index (χ0n) is 14.0. The average Bonchev–Trinajstić information content (AvgIpc) is 2.93. The third kappa shape index (κ3) is 4.31. The number of pyridine rings is 1. The molecule has 0 aromatic carbocycles. The van der Waals surface area contributed by atoms with Crippen molar-refractivity contribution < 1.29 is 20.9 Å². The maximum atomic E-state index is 11.9. The Hall–Kier alpha value is -2.90. The quantitative estimate of drug-likeness (QED) is 0.889. The molecule has 0 saturated heterocycles. The third-order valence-corrected chi connectivity index (χ3v) is 3.02. The topological polar surface area (TPSA) is 106 Å². The number of anilines is 1.